The first-order valence-corrected chi connectivity index (χ1v) is 11.9. The van der Waals surface area contributed by atoms with Crippen LogP contribution in [-0.2, 0) is 6.42 Å². The molecule has 28 heavy (non-hydrogen) atoms. The van der Waals surface area contributed by atoms with Crippen molar-refractivity contribution in [3.8, 4) is 0 Å². The molecule has 0 radical (unpaired) electrons. The van der Waals surface area contributed by atoms with Crippen LogP contribution in [0.2, 0.25) is 0 Å². The zero-order chi connectivity index (χ0) is 19.7. The number of nitrogens with zero attached hydrogens (tertiary/aromatic N) is 1. The molecule has 0 aromatic carbocycles. The maximum absolute atomic E-state index is 10.7. The molecule has 0 bridgehead atoms. The molecule has 4 fully saturated rings. The second-order valence-corrected chi connectivity index (χ2v) is 11.6. The lowest BCUT2D eigenvalue weighted by atomic mass is 9.44. The van der Waals surface area contributed by atoms with Gasteiger partial charge in [-0.2, -0.15) is 0 Å². The van der Waals surface area contributed by atoms with Crippen LogP contribution in [0.4, 0.5) is 0 Å². The molecule has 1 heterocycles. The van der Waals surface area contributed by atoms with Crippen LogP contribution in [0.3, 0.4) is 0 Å². The summed E-state index contributed by atoms with van der Waals surface area (Å²) in [6.45, 7) is 9.38. The molecule has 0 saturated heterocycles. The number of aromatic nitrogens is 1. The first-order chi connectivity index (χ1) is 13.3. The summed E-state index contributed by atoms with van der Waals surface area (Å²) >= 11 is 0. The maximum Gasteiger partial charge on any atom is 0.136 e. The lowest BCUT2D eigenvalue weighted by Crippen LogP contribution is -2.55. The van der Waals surface area contributed by atoms with Gasteiger partial charge in [0.2, 0.25) is 0 Å². The molecule has 0 unspecified atom stereocenters. The van der Waals surface area contributed by atoms with Gasteiger partial charge in [0, 0.05) is 18.4 Å². The summed E-state index contributed by atoms with van der Waals surface area (Å²) in [4.78, 5) is 0. The highest BCUT2D eigenvalue weighted by molar-refractivity contribution is 5.20. The second kappa shape index (κ2) is 6.33. The molecule has 1 N–H and O–H groups in total. The molecule has 0 amide bonds. The third kappa shape index (κ3) is 2.67. The predicted molar refractivity (Wildman–Crippen MR) is 111 cm³/mol. The topological polar surface area (TPSA) is 46.3 Å². The number of rotatable bonds is 2. The molecule has 3 nitrogen and oxygen atoms in total. The van der Waals surface area contributed by atoms with Crippen molar-refractivity contribution in [2.45, 2.75) is 103 Å². The number of hydrogen-bond donors (Lipinski definition) is 1. The summed E-state index contributed by atoms with van der Waals surface area (Å²) in [5.41, 5.74) is 1.65. The van der Waals surface area contributed by atoms with Crippen LogP contribution >= 0.6 is 0 Å². The van der Waals surface area contributed by atoms with E-state index in [4.69, 9.17) is 4.52 Å². The molecule has 1 aromatic rings. The second-order valence-electron chi connectivity index (χ2n) is 11.6. The van der Waals surface area contributed by atoms with Crippen LogP contribution in [0.15, 0.2) is 10.6 Å². The summed E-state index contributed by atoms with van der Waals surface area (Å²) in [7, 11) is 0. The van der Waals surface area contributed by atoms with Crippen LogP contribution in [0.25, 0.3) is 0 Å². The molecule has 1 aromatic heterocycles. The molecule has 4 aliphatic rings. The van der Waals surface area contributed by atoms with Crippen LogP contribution < -0.4 is 0 Å². The van der Waals surface area contributed by atoms with Gasteiger partial charge in [0.05, 0.1) is 11.3 Å². The first-order valence-electron chi connectivity index (χ1n) is 11.9. The van der Waals surface area contributed by atoms with E-state index >= 15 is 0 Å². The molecule has 156 valence electrons. The van der Waals surface area contributed by atoms with Crippen molar-refractivity contribution in [1.82, 2.24) is 5.16 Å². The van der Waals surface area contributed by atoms with Crippen molar-refractivity contribution in [1.29, 1.82) is 0 Å². The fraction of sp³-hybridized carbons (Fsp3) is 0.880. The van der Waals surface area contributed by atoms with E-state index in [0.717, 1.165) is 48.7 Å². The zero-order valence-electron chi connectivity index (χ0n) is 18.3. The van der Waals surface area contributed by atoms with E-state index < -0.39 is 5.60 Å². The van der Waals surface area contributed by atoms with Gasteiger partial charge in [-0.1, -0.05) is 25.9 Å². The largest absolute Gasteiger partial charge is 0.390 e. The highest BCUT2D eigenvalue weighted by Crippen LogP contribution is 2.69. The molecule has 4 aliphatic carbocycles. The number of fused-ring (bicyclic) bond motifs is 5. The van der Waals surface area contributed by atoms with Crippen LogP contribution in [-0.4, -0.2) is 15.9 Å². The summed E-state index contributed by atoms with van der Waals surface area (Å²) in [6.07, 6.45) is 12.3. The summed E-state index contributed by atoms with van der Waals surface area (Å²) in [5.74, 6) is 4.94. The van der Waals surface area contributed by atoms with Crippen molar-refractivity contribution in [3.05, 3.63) is 17.5 Å². The summed E-state index contributed by atoms with van der Waals surface area (Å²) < 4.78 is 5.59. The van der Waals surface area contributed by atoms with Crippen molar-refractivity contribution < 1.29 is 9.63 Å². The van der Waals surface area contributed by atoms with Gasteiger partial charge in [-0.15, -0.1) is 0 Å². The minimum Gasteiger partial charge on any atom is -0.390 e. The molecule has 0 spiro atoms. The Kier molecular flexibility index (Phi) is 4.33. The van der Waals surface area contributed by atoms with Gasteiger partial charge >= 0.3 is 0 Å². The van der Waals surface area contributed by atoms with E-state index in [2.05, 4.69) is 38.9 Å². The number of hydrogen-bond acceptors (Lipinski definition) is 3. The van der Waals surface area contributed by atoms with E-state index in [1.165, 1.54) is 50.6 Å². The zero-order valence-corrected chi connectivity index (χ0v) is 18.3. The molecule has 5 rings (SSSR count). The van der Waals surface area contributed by atoms with E-state index in [-0.39, 0.29) is 0 Å². The molecule has 8 atom stereocenters. The van der Waals surface area contributed by atoms with Crippen molar-refractivity contribution in [2.24, 2.45) is 34.5 Å². The van der Waals surface area contributed by atoms with Crippen molar-refractivity contribution in [3.63, 3.8) is 0 Å². The molecule has 4 saturated carbocycles. The normalized spacial score (nSPS) is 50.7. The van der Waals surface area contributed by atoms with Crippen LogP contribution in [0, 0.1) is 34.5 Å². The SMILES string of the molecule is CCc1cc([C@H]2CC[C@H]3[C@@H]4CC[C@@H]5C[C@](C)(O)CC[C@]5(C)[C@H]4CC[C@]23C)no1. The minimum absolute atomic E-state index is 0.395. The standard InChI is InChI=1S/C25H39NO2/c1-5-17-14-22(26-28-17)21-9-8-19-18-7-6-16-15-23(2,27)12-13-24(16,3)20(18)10-11-25(19,21)4/h14,16,18-21,27H,5-13,15H2,1-4H3/t16-,18+,19+,20+,21-,23-,24+,25+/m1/s1. The molecular weight excluding hydrogens is 346 g/mol. The van der Waals surface area contributed by atoms with Gasteiger partial charge < -0.3 is 9.63 Å². The molecular formula is C25H39NO2. The molecule has 0 aliphatic heterocycles. The third-order valence-electron chi connectivity index (χ3n) is 10.2. The van der Waals surface area contributed by atoms with E-state index in [1.54, 1.807) is 0 Å². The van der Waals surface area contributed by atoms with E-state index in [9.17, 15) is 5.11 Å². The number of aliphatic hydroxyl groups is 1. The van der Waals surface area contributed by atoms with Crippen molar-refractivity contribution in [2.75, 3.05) is 0 Å². The quantitative estimate of drug-likeness (QED) is 0.667. The average Bonchev–Trinajstić information content (AvgIpc) is 3.25. The highest BCUT2D eigenvalue weighted by atomic mass is 16.5. The number of aryl methyl sites for hydroxylation is 1. The van der Waals surface area contributed by atoms with Gasteiger partial charge in [-0.05, 0) is 99.2 Å². The Hall–Kier alpha value is -0.830. The van der Waals surface area contributed by atoms with Gasteiger partial charge in [-0.3, -0.25) is 0 Å². The average molecular weight is 386 g/mol. The van der Waals surface area contributed by atoms with Crippen LogP contribution in [0.5, 0.6) is 0 Å². The fourth-order valence-electron chi connectivity index (χ4n) is 8.58. The Morgan fingerprint density at radius 3 is 2.54 bits per heavy atom. The smallest absolute Gasteiger partial charge is 0.136 e. The Bertz CT molecular complexity index is 739. The minimum atomic E-state index is -0.428. The summed E-state index contributed by atoms with van der Waals surface area (Å²) in [5, 5.41) is 15.2. The van der Waals surface area contributed by atoms with E-state index in [1.807, 2.05) is 0 Å². The Morgan fingerprint density at radius 1 is 1.00 bits per heavy atom. The highest BCUT2D eigenvalue weighted by Gasteiger charge is 2.61. The summed E-state index contributed by atoms with van der Waals surface area (Å²) in [6, 6.07) is 2.24. The Labute approximate surface area is 170 Å². The monoisotopic (exact) mass is 385 g/mol. The first kappa shape index (κ1) is 19.2. The molecule has 3 heteroatoms. The van der Waals surface area contributed by atoms with Crippen LogP contribution in [0.1, 0.15) is 103 Å². The van der Waals surface area contributed by atoms with Gasteiger partial charge in [-0.25, -0.2) is 0 Å². The lowest BCUT2D eigenvalue weighted by Gasteiger charge is -2.61. The van der Waals surface area contributed by atoms with Crippen molar-refractivity contribution >= 4 is 0 Å². The fourth-order valence-corrected chi connectivity index (χ4v) is 8.58. The van der Waals surface area contributed by atoms with E-state index in [0.29, 0.717) is 16.7 Å². The van der Waals surface area contributed by atoms with Gasteiger partial charge in [0.15, 0.2) is 0 Å². The van der Waals surface area contributed by atoms with Gasteiger partial charge in [0.1, 0.15) is 5.76 Å². The Balaban J connectivity index is 1.41. The lowest BCUT2D eigenvalue weighted by molar-refractivity contribution is -0.143. The maximum atomic E-state index is 10.7. The van der Waals surface area contributed by atoms with Gasteiger partial charge in [0.25, 0.3) is 0 Å². The predicted octanol–water partition coefficient (Wildman–Crippen LogP) is 6.11. The third-order valence-corrected chi connectivity index (χ3v) is 10.2. The Morgan fingerprint density at radius 2 is 1.79 bits per heavy atom.